The minimum absolute atomic E-state index is 0.0572. The lowest BCUT2D eigenvalue weighted by Gasteiger charge is -2.21. The van der Waals surface area contributed by atoms with Crippen molar-refractivity contribution in [2.75, 3.05) is 24.5 Å². The van der Waals surface area contributed by atoms with Gasteiger partial charge in [-0.05, 0) is 43.7 Å². The summed E-state index contributed by atoms with van der Waals surface area (Å²) in [5, 5.41) is 3.00. The van der Waals surface area contributed by atoms with E-state index >= 15 is 0 Å². The number of rotatable bonds is 7. The van der Waals surface area contributed by atoms with Crippen LogP contribution in [0, 0.1) is 5.92 Å². The van der Waals surface area contributed by atoms with Gasteiger partial charge in [-0.15, -0.1) is 0 Å². The molecule has 0 spiro atoms. The smallest absolute Gasteiger partial charge is 0.252 e. The summed E-state index contributed by atoms with van der Waals surface area (Å²) in [6, 6.07) is 3.87. The van der Waals surface area contributed by atoms with Crippen molar-refractivity contribution >= 4 is 11.7 Å². The highest BCUT2D eigenvalue weighted by atomic mass is 16.1. The van der Waals surface area contributed by atoms with Crippen LogP contribution in [0.3, 0.4) is 0 Å². The fraction of sp³-hybridized carbons (Fsp3) is 0.591. The zero-order chi connectivity index (χ0) is 19.9. The Kier molecular flexibility index (Phi) is 7.06. The Balaban J connectivity index is 1.46. The molecule has 6 heteroatoms. The van der Waals surface area contributed by atoms with Crippen LogP contribution in [-0.4, -0.2) is 40.1 Å². The zero-order valence-electron chi connectivity index (χ0n) is 17.4. The van der Waals surface area contributed by atoms with Crippen LogP contribution in [0.25, 0.3) is 0 Å². The standard InChI is InChI=1S/C22H33N5O/c1-17(2)21-23-11-15-27(21)13-5-10-24-22(28)19-7-8-20(25-16-19)26-12-4-6-18(3)9-14-26/h7-8,11,15-18H,4-6,9-10,12-14H2,1-3H3,(H,24,28)/t18-/m0/s1. The maximum Gasteiger partial charge on any atom is 0.252 e. The van der Waals surface area contributed by atoms with Gasteiger partial charge in [0.15, 0.2) is 0 Å². The van der Waals surface area contributed by atoms with E-state index in [1.165, 1.54) is 19.3 Å². The number of aromatic nitrogens is 3. The van der Waals surface area contributed by atoms with Crippen molar-refractivity contribution < 1.29 is 4.79 Å². The Morgan fingerprint density at radius 1 is 1.25 bits per heavy atom. The van der Waals surface area contributed by atoms with Crippen molar-refractivity contribution in [3.63, 3.8) is 0 Å². The molecule has 2 aromatic rings. The van der Waals surface area contributed by atoms with Crippen molar-refractivity contribution in [1.82, 2.24) is 19.9 Å². The van der Waals surface area contributed by atoms with Crippen molar-refractivity contribution in [2.45, 2.75) is 58.9 Å². The predicted octanol–water partition coefficient (Wildman–Crippen LogP) is 3.85. The van der Waals surface area contributed by atoms with Gasteiger partial charge in [0.05, 0.1) is 5.56 Å². The topological polar surface area (TPSA) is 63.1 Å². The van der Waals surface area contributed by atoms with Crippen LogP contribution in [0.15, 0.2) is 30.7 Å². The van der Waals surface area contributed by atoms with Crippen LogP contribution in [0.4, 0.5) is 5.82 Å². The van der Waals surface area contributed by atoms with E-state index in [1.54, 1.807) is 6.20 Å². The Hall–Kier alpha value is -2.37. The normalized spacial score (nSPS) is 17.6. The summed E-state index contributed by atoms with van der Waals surface area (Å²) in [6.45, 7) is 10.2. The number of nitrogens with one attached hydrogen (secondary N) is 1. The molecule has 1 aliphatic heterocycles. The number of aryl methyl sites for hydroxylation is 1. The number of hydrogen-bond acceptors (Lipinski definition) is 4. The van der Waals surface area contributed by atoms with Crippen LogP contribution in [0.1, 0.15) is 68.6 Å². The molecule has 1 atom stereocenters. The number of anilines is 1. The molecule has 0 aromatic carbocycles. The van der Waals surface area contributed by atoms with Crippen LogP contribution in [0.5, 0.6) is 0 Å². The number of nitrogens with zero attached hydrogens (tertiary/aromatic N) is 4. The lowest BCUT2D eigenvalue weighted by molar-refractivity contribution is 0.0952. The molecule has 28 heavy (non-hydrogen) atoms. The van der Waals surface area contributed by atoms with Gasteiger partial charge in [-0.1, -0.05) is 20.8 Å². The molecule has 0 radical (unpaired) electrons. The molecule has 6 nitrogen and oxygen atoms in total. The van der Waals surface area contributed by atoms with Gasteiger partial charge in [0, 0.05) is 50.7 Å². The Morgan fingerprint density at radius 3 is 2.86 bits per heavy atom. The molecule has 0 saturated carbocycles. The highest BCUT2D eigenvalue weighted by Crippen LogP contribution is 2.21. The summed E-state index contributed by atoms with van der Waals surface area (Å²) < 4.78 is 2.16. The number of hydrogen-bond donors (Lipinski definition) is 1. The second-order valence-corrected chi connectivity index (χ2v) is 8.17. The molecule has 3 heterocycles. The number of carbonyl (C=O) groups excluding carboxylic acids is 1. The third kappa shape index (κ3) is 5.33. The summed E-state index contributed by atoms with van der Waals surface area (Å²) in [6.07, 6.45) is 10.1. The van der Waals surface area contributed by atoms with E-state index in [1.807, 2.05) is 24.5 Å². The van der Waals surface area contributed by atoms with E-state index in [0.717, 1.165) is 43.6 Å². The van der Waals surface area contributed by atoms with E-state index in [0.29, 0.717) is 18.0 Å². The molecule has 0 bridgehead atoms. The molecule has 152 valence electrons. The van der Waals surface area contributed by atoms with Crippen molar-refractivity contribution in [1.29, 1.82) is 0 Å². The first-order valence-electron chi connectivity index (χ1n) is 10.5. The van der Waals surface area contributed by atoms with Crippen LogP contribution in [0.2, 0.25) is 0 Å². The van der Waals surface area contributed by atoms with E-state index in [2.05, 4.69) is 45.5 Å². The average molecular weight is 384 g/mol. The molecule has 0 aliphatic carbocycles. The lowest BCUT2D eigenvalue weighted by atomic mass is 10.0. The van der Waals surface area contributed by atoms with Crippen LogP contribution >= 0.6 is 0 Å². The maximum atomic E-state index is 12.4. The average Bonchev–Trinajstić information content (AvgIpc) is 3.06. The van der Waals surface area contributed by atoms with Gasteiger partial charge in [-0.25, -0.2) is 9.97 Å². The quantitative estimate of drug-likeness (QED) is 0.738. The van der Waals surface area contributed by atoms with Gasteiger partial charge < -0.3 is 14.8 Å². The Bertz CT molecular complexity index is 753. The van der Waals surface area contributed by atoms with Crippen LogP contribution < -0.4 is 10.2 Å². The number of imidazole rings is 1. The van der Waals surface area contributed by atoms with Gasteiger partial charge in [0.2, 0.25) is 0 Å². The molecule has 1 fully saturated rings. The van der Waals surface area contributed by atoms with Gasteiger partial charge in [0.1, 0.15) is 11.6 Å². The molecule has 1 amide bonds. The second-order valence-electron chi connectivity index (χ2n) is 8.17. The van der Waals surface area contributed by atoms with Crippen molar-refractivity contribution in [3.05, 3.63) is 42.1 Å². The molecular formula is C22H33N5O. The largest absolute Gasteiger partial charge is 0.357 e. The van der Waals surface area contributed by atoms with Gasteiger partial charge in [-0.2, -0.15) is 0 Å². The van der Waals surface area contributed by atoms with E-state index in [-0.39, 0.29) is 5.91 Å². The summed E-state index contributed by atoms with van der Waals surface area (Å²) in [7, 11) is 0. The van der Waals surface area contributed by atoms with E-state index in [4.69, 9.17) is 0 Å². The summed E-state index contributed by atoms with van der Waals surface area (Å²) in [5.74, 6) is 3.20. The van der Waals surface area contributed by atoms with Gasteiger partial charge in [-0.3, -0.25) is 4.79 Å². The number of amides is 1. The molecule has 1 saturated heterocycles. The third-order valence-corrected chi connectivity index (χ3v) is 5.48. The molecular weight excluding hydrogens is 350 g/mol. The number of pyridine rings is 1. The summed E-state index contributed by atoms with van der Waals surface area (Å²) in [4.78, 5) is 23.7. The Labute approximate surface area is 168 Å². The lowest BCUT2D eigenvalue weighted by Crippen LogP contribution is -2.27. The SMILES string of the molecule is CC(C)c1nccn1CCCNC(=O)c1ccc(N2CCC[C@H](C)CC2)nc1. The molecule has 1 aliphatic rings. The molecule has 2 aromatic heterocycles. The minimum Gasteiger partial charge on any atom is -0.357 e. The fourth-order valence-corrected chi connectivity index (χ4v) is 3.76. The second kappa shape index (κ2) is 9.71. The number of carbonyl (C=O) groups is 1. The van der Waals surface area contributed by atoms with Crippen molar-refractivity contribution in [2.24, 2.45) is 5.92 Å². The fourth-order valence-electron chi connectivity index (χ4n) is 3.76. The highest BCUT2D eigenvalue weighted by Gasteiger charge is 2.15. The van der Waals surface area contributed by atoms with E-state index < -0.39 is 0 Å². The monoisotopic (exact) mass is 383 g/mol. The first-order valence-corrected chi connectivity index (χ1v) is 10.5. The third-order valence-electron chi connectivity index (χ3n) is 5.48. The van der Waals surface area contributed by atoms with Crippen LogP contribution in [-0.2, 0) is 6.54 Å². The molecule has 0 unspecified atom stereocenters. The van der Waals surface area contributed by atoms with Gasteiger partial charge in [0.25, 0.3) is 5.91 Å². The van der Waals surface area contributed by atoms with Gasteiger partial charge >= 0.3 is 0 Å². The first kappa shape index (κ1) is 20.4. The maximum absolute atomic E-state index is 12.4. The summed E-state index contributed by atoms with van der Waals surface area (Å²) in [5.41, 5.74) is 0.623. The Morgan fingerprint density at radius 2 is 2.11 bits per heavy atom. The first-order chi connectivity index (χ1) is 13.5. The molecule has 3 rings (SSSR count). The van der Waals surface area contributed by atoms with E-state index in [9.17, 15) is 4.79 Å². The predicted molar refractivity (Wildman–Crippen MR) is 113 cm³/mol. The van der Waals surface area contributed by atoms with Crippen molar-refractivity contribution in [3.8, 4) is 0 Å². The summed E-state index contributed by atoms with van der Waals surface area (Å²) >= 11 is 0. The zero-order valence-corrected chi connectivity index (χ0v) is 17.4. The minimum atomic E-state index is -0.0572. The highest BCUT2D eigenvalue weighted by molar-refractivity contribution is 5.94. The molecule has 1 N–H and O–H groups in total.